The van der Waals surface area contributed by atoms with Crippen molar-refractivity contribution in [2.45, 2.75) is 11.4 Å². The number of halogens is 1. The fourth-order valence-corrected chi connectivity index (χ4v) is 3.26. The standard InChI is InChI=1S/C16H18FNO4S/c1-18(11-12-4-6-13(17)7-5-12)23(19,20)14-8-9-15(21-2)16(10-14)22-3/h4-10H,11H2,1-3H3. The summed E-state index contributed by atoms with van der Waals surface area (Å²) in [5, 5.41) is 0. The number of benzene rings is 2. The third kappa shape index (κ3) is 3.80. The number of rotatable bonds is 6. The van der Waals surface area contributed by atoms with Gasteiger partial charge in [-0.05, 0) is 29.8 Å². The largest absolute Gasteiger partial charge is 0.493 e. The van der Waals surface area contributed by atoms with Gasteiger partial charge < -0.3 is 9.47 Å². The van der Waals surface area contributed by atoms with Gasteiger partial charge >= 0.3 is 0 Å². The molecular formula is C16H18FNO4S. The van der Waals surface area contributed by atoms with Gasteiger partial charge in [0.1, 0.15) is 5.82 Å². The first-order valence-electron chi connectivity index (χ1n) is 6.81. The van der Waals surface area contributed by atoms with Crippen LogP contribution in [0.3, 0.4) is 0 Å². The van der Waals surface area contributed by atoms with E-state index in [9.17, 15) is 12.8 Å². The second-order valence-corrected chi connectivity index (χ2v) is 6.95. The van der Waals surface area contributed by atoms with E-state index < -0.39 is 10.0 Å². The Morgan fingerprint density at radius 3 is 2.17 bits per heavy atom. The van der Waals surface area contributed by atoms with Crippen LogP contribution in [0.1, 0.15) is 5.56 Å². The average molecular weight is 339 g/mol. The molecule has 0 aromatic heterocycles. The molecule has 0 radical (unpaired) electrons. The topological polar surface area (TPSA) is 55.8 Å². The lowest BCUT2D eigenvalue weighted by Crippen LogP contribution is -2.26. The van der Waals surface area contributed by atoms with E-state index in [1.54, 1.807) is 12.1 Å². The second kappa shape index (κ2) is 6.97. The maximum Gasteiger partial charge on any atom is 0.243 e. The van der Waals surface area contributed by atoms with Gasteiger partial charge in [-0.1, -0.05) is 12.1 Å². The van der Waals surface area contributed by atoms with E-state index >= 15 is 0 Å². The summed E-state index contributed by atoms with van der Waals surface area (Å²) in [4.78, 5) is 0.0970. The molecule has 0 N–H and O–H groups in total. The van der Waals surface area contributed by atoms with Crippen LogP contribution in [0.5, 0.6) is 11.5 Å². The highest BCUT2D eigenvalue weighted by Crippen LogP contribution is 2.30. The number of sulfonamides is 1. The van der Waals surface area contributed by atoms with Gasteiger partial charge in [0.25, 0.3) is 0 Å². The Hall–Kier alpha value is -2.12. The molecule has 0 spiro atoms. The van der Waals surface area contributed by atoms with E-state index in [2.05, 4.69) is 0 Å². The lowest BCUT2D eigenvalue weighted by Gasteiger charge is -2.18. The number of nitrogens with zero attached hydrogens (tertiary/aromatic N) is 1. The lowest BCUT2D eigenvalue weighted by molar-refractivity contribution is 0.353. The SMILES string of the molecule is COc1ccc(S(=O)(=O)N(C)Cc2ccc(F)cc2)cc1OC. The van der Waals surface area contributed by atoms with Crippen molar-refractivity contribution in [2.75, 3.05) is 21.3 Å². The summed E-state index contributed by atoms with van der Waals surface area (Å²) < 4.78 is 49.6. The first-order valence-corrected chi connectivity index (χ1v) is 8.25. The van der Waals surface area contributed by atoms with Gasteiger partial charge in [0.05, 0.1) is 19.1 Å². The third-order valence-electron chi connectivity index (χ3n) is 3.38. The minimum Gasteiger partial charge on any atom is -0.493 e. The highest BCUT2D eigenvalue weighted by atomic mass is 32.2. The molecule has 5 nitrogen and oxygen atoms in total. The Labute approximate surface area is 135 Å². The van der Waals surface area contributed by atoms with Crippen molar-refractivity contribution in [3.63, 3.8) is 0 Å². The number of hydrogen-bond donors (Lipinski definition) is 0. The van der Waals surface area contributed by atoms with Crippen molar-refractivity contribution in [1.29, 1.82) is 0 Å². The molecule has 2 aromatic carbocycles. The van der Waals surface area contributed by atoms with Crippen LogP contribution >= 0.6 is 0 Å². The van der Waals surface area contributed by atoms with Gasteiger partial charge in [-0.3, -0.25) is 0 Å². The zero-order chi connectivity index (χ0) is 17.0. The lowest BCUT2D eigenvalue weighted by atomic mass is 10.2. The van der Waals surface area contributed by atoms with Crippen molar-refractivity contribution in [1.82, 2.24) is 4.31 Å². The molecule has 0 saturated carbocycles. The zero-order valence-electron chi connectivity index (χ0n) is 13.1. The van der Waals surface area contributed by atoms with Gasteiger partial charge in [0, 0.05) is 19.7 Å². The van der Waals surface area contributed by atoms with Crippen LogP contribution in [0.2, 0.25) is 0 Å². The van der Waals surface area contributed by atoms with E-state index in [-0.39, 0.29) is 17.3 Å². The van der Waals surface area contributed by atoms with Crippen LogP contribution in [0.15, 0.2) is 47.4 Å². The van der Waals surface area contributed by atoms with E-state index in [0.717, 1.165) is 0 Å². The predicted molar refractivity (Wildman–Crippen MR) is 84.6 cm³/mol. The molecule has 2 aromatic rings. The van der Waals surface area contributed by atoms with Crippen LogP contribution in [0, 0.1) is 5.82 Å². The van der Waals surface area contributed by atoms with Crippen LogP contribution in [0.25, 0.3) is 0 Å². The molecule has 0 unspecified atom stereocenters. The monoisotopic (exact) mass is 339 g/mol. The molecule has 2 rings (SSSR count). The minimum atomic E-state index is -3.70. The highest BCUT2D eigenvalue weighted by molar-refractivity contribution is 7.89. The predicted octanol–water partition coefficient (Wildman–Crippen LogP) is 2.66. The van der Waals surface area contributed by atoms with Crippen LogP contribution in [-0.4, -0.2) is 34.0 Å². The normalized spacial score (nSPS) is 11.5. The van der Waals surface area contributed by atoms with E-state index in [4.69, 9.17) is 9.47 Å². The molecule has 0 bridgehead atoms. The Morgan fingerprint density at radius 2 is 1.61 bits per heavy atom. The summed E-state index contributed by atoms with van der Waals surface area (Å²) in [6, 6.07) is 10.1. The molecule has 0 aliphatic rings. The summed E-state index contributed by atoms with van der Waals surface area (Å²) in [5.74, 6) is 0.426. The number of methoxy groups -OCH3 is 2. The summed E-state index contributed by atoms with van der Waals surface area (Å²) in [5.41, 5.74) is 0.693. The van der Waals surface area contributed by atoms with Crippen molar-refractivity contribution < 1.29 is 22.3 Å². The van der Waals surface area contributed by atoms with Crippen molar-refractivity contribution in [3.8, 4) is 11.5 Å². The fourth-order valence-electron chi connectivity index (χ4n) is 2.09. The first-order chi connectivity index (χ1) is 10.9. The van der Waals surface area contributed by atoms with Gasteiger partial charge in [-0.15, -0.1) is 0 Å². The summed E-state index contributed by atoms with van der Waals surface area (Å²) in [6.45, 7) is 0.136. The smallest absolute Gasteiger partial charge is 0.243 e. The molecular weight excluding hydrogens is 321 g/mol. The zero-order valence-corrected chi connectivity index (χ0v) is 13.9. The first kappa shape index (κ1) is 17.2. The molecule has 0 amide bonds. The summed E-state index contributed by atoms with van der Waals surface area (Å²) in [7, 11) is 0.687. The molecule has 0 atom stereocenters. The average Bonchev–Trinajstić information content (AvgIpc) is 2.56. The van der Waals surface area contributed by atoms with Crippen LogP contribution in [-0.2, 0) is 16.6 Å². The fraction of sp³-hybridized carbons (Fsp3) is 0.250. The molecule has 7 heteroatoms. The molecule has 0 aliphatic carbocycles. The Kier molecular flexibility index (Phi) is 5.23. The van der Waals surface area contributed by atoms with Crippen molar-refractivity contribution in [3.05, 3.63) is 53.8 Å². The van der Waals surface area contributed by atoms with Gasteiger partial charge in [0.15, 0.2) is 11.5 Å². The maximum atomic E-state index is 12.9. The quantitative estimate of drug-likeness (QED) is 0.812. The highest BCUT2D eigenvalue weighted by Gasteiger charge is 2.22. The summed E-state index contributed by atoms with van der Waals surface area (Å²) in [6.07, 6.45) is 0. The molecule has 124 valence electrons. The molecule has 23 heavy (non-hydrogen) atoms. The third-order valence-corrected chi connectivity index (χ3v) is 5.18. The van der Waals surface area contributed by atoms with Crippen LogP contribution in [0.4, 0.5) is 4.39 Å². The summed E-state index contributed by atoms with van der Waals surface area (Å²) >= 11 is 0. The van der Waals surface area contributed by atoms with Gasteiger partial charge in [-0.25, -0.2) is 12.8 Å². The molecule has 0 fully saturated rings. The van der Waals surface area contributed by atoms with Crippen molar-refractivity contribution >= 4 is 10.0 Å². The molecule has 0 heterocycles. The molecule has 0 saturated heterocycles. The Balaban J connectivity index is 2.28. The minimum absolute atomic E-state index is 0.0970. The van der Waals surface area contributed by atoms with E-state index in [1.165, 1.54) is 55.9 Å². The maximum absolute atomic E-state index is 12.9. The Bertz CT molecular complexity index is 775. The van der Waals surface area contributed by atoms with Gasteiger partial charge in [-0.2, -0.15) is 4.31 Å². The van der Waals surface area contributed by atoms with Crippen LogP contribution < -0.4 is 9.47 Å². The van der Waals surface area contributed by atoms with Crippen molar-refractivity contribution in [2.24, 2.45) is 0 Å². The van der Waals surface area contributed by atoms with E-state index in [1.807, 2.05) is 0 Å². The molecule has 0 aliphatic heterocycles. The number of hydrogen-bond acceptors (Lipinski definition) is 4. The number of ether oxygens (including phenoxy) is 2. The second-order valence-electron chi connectivity index (χ2n) is 4.90. The van der Waals surface area contributed by atoms with E-state index in [0.29, 0.717) is 17.1 Å². The Morgan fingerprint density at radius 1 is 1.00 bits per heavy atom. The van der Waals surface area contributed by atoms with Gasteiger partial charge in [0.2, 0.25) is 10.0 Å².